The van der Waals surface area contributed by atoms with Gasteiger partial charge in [-0.1, -0.05) is 6.58 Å². The first-order chi connectivity index (χ1) is 11.7. The molecule has 0 aromatic rings. The van der Waals surface area contributed by atoms with Crippen LogP contribution >= 0.6 is 0 Å². The Bertz CT molecular complexity index is 719. The highest BCUT2D eigenvalue weighted by molar-refractivity contribution is 7.90. The van der Waals surface area contributed by atoms with E-state index in [0.29, 0.717) is 19.3 Å². The van der Waals surface area contributed by atoms with Crippen LogP contribution in [0.25, 0.3) is 0 Å². The third-order valence-corrected chi connectivity index (χ3v) is 7.12. The van der Waals surface area contributed by atoms with Crippen LogP contribution in [0.2, 0.25) is 0 Å². The standard InChI is InChI=1S/C15H18F5NO4S/c1-2-11(22)25-13-6-9-3-10(7-13)5-12(4-9,8-13)21-26(23,24)15(19,20)14(16,17)18/h2,9-10,21H,1,3-8H2. The van der Waals surface area contributed by atoms with Crippen LogP contribution in [-0.4, -0.2) is 37.0 Å². The average Bonchev–Trinajstić information content (AvgIpc) is 2.42. The summed E-state index contributed by atoms with van der Waals surface area (Å²) in [5.41, 5.74) is -2.54. The third kappa shape index (κ3) is 3.02. The minimum absolute atomic E-state index is 0.115. The van der Waals surface area contributed by atoms with E-state index in [-0.39, 0.29) is 31.1 Å². The molecule has 0 heterocycles. The third-order valence-electron chi connectivity index (χ3n) is 5.51. The van der Waals surface area contributed by atoms with Crippen molar-refractivity contribution in [2.75, 3.05) is 0 Å². The lowest BCUT2D eigenvalue weighted by Gasteiger charge is -2.61. The Balaban J connectivity index is 1.91. The van der Waals surface area contributed by atoms with Crippen LogP contribution < -0.4 is 4.72 Å². The summed E-state index contributed by atoms with van der Waals surface area (Å²) >= 11 is 0. The molecule has 0 radical (unpaired) electrons. The molecular weight excluding hydrogens is 385 g/mol. The minimum Gasteiger partial charge on any atom is -0.456 e. The van der Waals surface area contributed by atoms with Gasteiger partial charge in [-0.15, -0.1) is 0 Å². The van der Waals surface area contributed by atoms with Crippen LogP contribution in [0.5, 0.6) is 0 Å². The van der Waals surface area contributed by atoms with Gasteiger partial charge < -0.3 is 4.74 Å². The summed E-state index contributed by atoms with van der Waals surface area (Å²) in [4.78, 5) is 11.6. The number of nitrogens with one attached hydrogen (secondary N) is 1. The predicted molar refractivity (Wildman–Crippen MR) is 79.5 cm³/mol. The highest BCUT2D eigenvalue weighted by Gasteiger charge is 2.70. The molecule has 11 heteroatoms. The van der Waals surface area contributed by atoms with Gasteiger partial charge in [0.15, 0.2) is 0 Å². The number of carbonyl (C=O) groups excluding carboxylic acids is 1. The van der Waals surface area contributed by atoms with Crippen LogP contribution in [0.1, 0.15) is 38.5 Å². The van der Waals surface area contributed by atoms with Crippen molar-refractivity contribution in [1.29, 1.82) is 0 Å². The summed E-state index contributed by atoms with van der Waals surface area (Å²) in [6.07, 6.45) is -3.56. The molecule has 4 aliphatic carbocycles. The molecule has 26 heavy (non-hydrogen) atoms. The van der Waals surface area contributed by atoms with Crippen molar-refractivity contribution < 1.29 is 39.9 Å². The maximum Gasteiger partial charge on any atom is 0.470 e. The van der Waals surface area contributed by atoms with Crippen LogP contribution in [0.15, 0.2) is 12.7 Å². The molecule has 148 valence electrons. The van der Waals surface area contributed by atoms with E-state index in [0.717, 1.165) is 6.08 Å². The maximum atomic E-state index is 13.5. The van der Waals surface area contributed by atoms with Gasteiger partial charge in [0.25, 0.3) is 10.0 Å². The van der Waals surface area contributed by atoms with Gasteiger partial charge in [-0.2, -0.15) is 22.0 Å². The number of carbonyl (C=O) groups is 1. The van der Waals surface area contributed by atoms with Crippen molar-refractivity contribution in [2.24, 2.45) is 11.8 Å². The molecular formula is C15H18F5NO4S. The van der Waals surface area contributed by atoms with Crippen molar-refractivity contribution >= 4 is 16.0 Å². The van der Waals surface area contributed by atoms with E-state index in [1.165, 1.54) is 0 Å². The van der Waals surface area contributed by atoms with E-state index >= 15 is 0 Å². The van der Waals surface area contributed by atoms with E-state index in [1.54, 1.807) is 4.72 Å². The van der Waals surface area contributed by atoms with Crippen LogP contribution in [0.3, 0.4) is 0 Å². The molecule has 0 aromatic carbocycles. The van der Waals surface area contributed by atoms with Gasteiger partial charge in [0.05, 0.1) is 0 Å². The second-order valence-electron chi connectivity index (χ2n) is 7.67. The van der Waals surface area contributed by atoms with Crippen LogP contribution in [0.4, 0.5) is 22.0 Å². The first kappa shape index (κ1) is 19.5. The Labute approximate surface area is 147 Å². The number of esters is 1. The largest absolute Gasteiger partial charge is 0.470 e. The summed E-state index contributed by atoms with van der Waals surface area (Å²) in [6, 6.07) is 0. The Hall–Kier alpha value is -1.23. The summed E-state index contributed by atoms with van der Waals surface area (Å²) < 4.78 is 95.3. The zero-order chi connectivity index (χ0) is 19.6. The second-order valence-corrected chi connectivity index (χ2v) is 9.39. The monoisotopic (exact) mass is 403 g/mol. The summed E-state index contributed by atoms with van der Waals surface area (Å²) in [6.45, 7) is 3.28. The lowest BCUT2D eigenvalue weighted by Crippen LogP contribution is -2.68. The van der Waals surface area contributed by atoms with Crippen molar-refractivity contribution in [2.45, 2.75) is 61.1 Å². The van der Waals surface area contributed by atoms with Gasteiger partial charge in [-0.3, -0.25) is 0 Å². The fourth-order valence-electron chi connectivity index (χ4n) is 5.17. The lowest BCUT2D eigenvalue weighted by atomic mass is 9.51. The number of alkyl halides is 5. The van der Waals surface area contributed by atoms with Gasteiger partial charge in [0.2, 0.25) is 0 Å². The molecule has 2 atom stereocenters. The quantitative estimate of drug-likeness (QED) is 0.435. The van der Waals surface area contributed by atoms with Crippen LogP contribution in [0, 0.1) is 11.8 Å². The van der Waals surface area contributed by atoms with E-state index < -0.39 is 38.6 Å². The maximum absolute atomic E-state index is 13.5. The number of halogens is 5. The van der Waals surface area contributed by atoms with Gasteiger partial charge in [-0.05, 0) is 43.9 Å². The molecule has 4 bridgehead atoms. The molecule has 5 nitrogen and oxygen atoms in total. The number of sulfonamides is 1. The van der Waals surface area contributed by atoms with E-state index in [2.05, 4.69) is 6.58 Å². The summed E-state index contributed by atoms with van der Waals surface area (Å²) in [5, 5.41) is -5.91. The molecule has 4 aliphatic rings. The minimum atomic E-state index is -6.23. The topological polar surface area (TPSA) is 72.5 Å². The Morgan fingerprint density at radius 1 is 1.12 bits per heavy atom. The van der Waals surface area contributed by atoms with Crippen LogP contribution in [-0.2, 0) is 19.6 Å². The first-order valence-electron chi connectivity index (χ1n) is 8.07. The fraction of sp³-hybridized carbons (Fsp3) is 0.800. The molecule has 0 spiro atoms. The van der Waals surface area contributed by atoms with Gasteiger partial charge in [0.1, 0.15) is 5.60 Å². The summed E-state index contributed by atoms with van der Waals surface area (Å²) in [7, 11) is -6.01. The van der Waals surface area contributed by atoms with Crippen molar-refractivity contribution in [3.63, 3.8) is 0 Å². The van der Waals surface area contributed by atoms with E-state index in [1.807, 2.05) is 0 Å². The highest BCUT2D eigenvalue weighted by Crippen LogP contribution is 2.59. The van der Waals surface area contributed by atoms with Gasteiger partial charge >= 0.3 is 17.4 Å². The molecule has 4 rings (SSSR count). The number of ether oxygens (including phenoxy) is 1. The molecule has 4 fully saturated rings. The number of rotatable bonds is 5. The van der Waals surface area contributed by atoms with E-state index in [9.17, 15) is 35.2 Å². The Morgan fingerprint density at radius 3 is 2.12 bits per heavy atom. The second kappa shape index (κ2) is 5.63. The van der Waals surface area contributed by atoms with Gasteiger partial charge in [0, 0.05) is 18.0 Å². The van der Waals surface area contributed by atoms with Crippen molar-refractivity contribution in [3.8, 4) is 0 Å². The lowest BCUT2D eigenvalue weighted by molar-refractivity contribution is -0.242. The molecule has 1 N–H and O–H groups in total. The van der Waals surface area contributed by atoms with E-state index in [4.69, 9.17) is 4.74 Å². The molecule has 4 saturated carbocycles. The normalized spacial score (nSPS) is 36.8. The fourth-order valence-corrected chi connectivity index (χ4v) is 6.42. The highest BCUT2D eigenvalue weighted by atomic mass is 32.2. The zero-order valence-corrected chi connectivity index (χ0v) is 14.4. The molecule has 2 unspecified atom stereocenters. The SMILES string of the molecule is C=CC(=O)OC12CC3CC(CC(NS(=O)(=O)C(F)(F)C(F)(F)F)(C3)C1)C2. The molecule has 0 amide bonds. The first-order valence-corrected chi connectivity index (χ1v) is 9.55. The Kier molecular flexibility index (Phi) is 4.23. The van der Waals surface area contributed by atoms with Crippen molar-refractivity contribution in [1.82, 2.24) is 4.72 Å². The molecule has 0 saturated heterocycles. The molecule has 0 aromatic heterocycles. The molecule has 0 aliphatic heterocycles. The smallest absolute Gasteiger partial charge is 0.456 e. The van der Waals surface area contributed by atoms with Crippen molar-refractivity contribution in [3.05, 3.63) is 12.7 Å². The zero-order valence-electron chi connectivity index (χ0n) is 13.6. The average molecular weight is 403 g/mol. The summed E-state index contributed by atoms with van der Waals surface area (Å²) in [5.74, 6) is -0.960. The van der Waals surface area contributed by atoms with Gasteiger partial charge in [-0.25, -0.2) is 17.9 Å². The number of hydrogen-bond donors (Lipinski definition) is 1. The Morgan fingerprint density at radius 2 is 1.65 bits per heavy atom. The number of hydrogen-bond acceptors (Lipinski definition) is 4. The predicted octanol–water partition coefficient (Wildman–Crippen LogP) is 2.88.